The van der Waals surface area contributed by atoms with Crippen LogP contribution in [0.15, 0.2) is 0 Å². The van der Waals surface area contributed by atoms with Crippen LogP contribution in [0.2, 0.25) is 25.2 Å². The molecule has 0 radical (unpaired) electrons. The lowest BCUT2D eigenvalue weighted by Crippen LogP contribution is -2.37. The van der Waals surface area contributed by atoms with Crippen LogP contribution in [0, 0.1) is 0 Å². The van der Waals surface area contributed by atoms with Crippen molar-refractivity contribution in [2.45, 2.75) is 77.9 Å². The van der Waals surface area contributed by atoms with E-state index < -0.39 is 19.3 Å². The fourth-order valence-electron chi connectivity index (χ4n) is 1.60. The smallest absolute Gasteiger partial charge is 0.303 e. The van der Waals surface area contributed by atoms with Crippen LogP contribution in [-0.2, 0) is 19.1 Å². The van der Waals surface area contributed by atoms with Gasteiger partial charge in [0.15, 0.2) is 0 Å². The lowest BCUT2D eigenvalue weighted by atomic mass is 10.2. The van der Waals surface area contributed by atoms with Crippen LogP contribution in [0.3, 0.4) is 0 Å². The van der Waals surface area contributed by atoms with E-state index >= 15 is 0 Å². The zero-order valence-corrected chi connectivity index (χ0v) is 14.5. The number of carbonyl (C=O) groups excluding carboxylic acids is 2. The maximum Gasteiger partial charge on any atom is 0.303 e. The molecule has 0 atom stereocenters. The second kappa shape index (κ2) is 6.07. The molecule has 0 saturated carbocycles. The average molecular weight is 288 g/mol. The van der Waals surface area contributed by atoms with Crippen molar-refractivity contribution in [1.29, 1.82) is 0 Å². The molecule has 0 aromatic carbocycles. The molecule has 0 aromatic heterocycles. The molecule has 0 aliphatic heterocycles. The van der Waals surface area contributed by atoms with E-state index in [1.54, 1.807) is 0 Å². The Labute approximate surface area is 117 Å². The molecule has 0 aromatic rings. The van der Waals surface area contributed by atoms with Crippen LogP contribution in [0.25, 0.3) is 0 Å². The zero-order valence-electron chi connectivity index (χ0n) is 13.5. The minimum absolute atomic E-state index is 0.229. The molecule has 0 aliphatic rings. The average Bonchev–Trinajstić information content (AvgIpc) is 1.89. The van der Waals surface area contributed by atoms with Crippen LogP contribution >= 0.6 is 0 Å². The third-order valence-electron chi connectivity index (χ3n) is 2.09. The minimum atomic E-state index is -1.98. The van der Waals surface area contributed by atoms with Gasteiger partial charge in [-0.15, -0.1) is 0 Å². The van der Waals surface area contributed by atoms with E-state index in [2.05, 4.69) is 0 Å². The minimum Gasteiger partial charge on any atom is -0.460 e. The van der Waals surface area contributed by atoms with Crippen molar-refractivity contribution in [3.05, 3.63) is 0 Å². The molecule has 0 heterocycles. The van der Waals surface area contributed by atoms with Gasteiger partial charge in [0.25, 0.3) is 0 Å². The van der Waals surface area contributed by atoms with E-state index in [4.69, 9.17) is 9.47 Å². The molecular weight excluding hydrogens is 260 g/mol. The summed E-state index contributed by atoms with van der Waals surface area (Å²) in [5.74, 6) is -0.458. The Bertz CT molecular complexity index is 302. The first-order valence-corrected chi connectivity index (χ1v) is 10.1. The Morgan fingerprint density at radius 3 is 1.26 bits per heavy atom. The molecule has 0 bridgehead atoms. The summed E-state index contributed by atoms with van der Waals surface area (Å²) in [6.07, 6.45) is 0. The fourth-order valence-corrected chi connectivity index (χ4v) is 3.43. The highest BCUT2D eigenvalue weighted by Crippen LogP contribution is 2.21. The van der Waals surface area contributed by atoms with E-state index in [1.807, 2.05) is 54.6 Å². The predicted octanol–water partition coefficient (Wildman–Crippen LogP) is 3.38. The van der Waals surface area contributed by atoms with Crippen molar-refractivity contribution < 1.29 is 19.1 Å². The van der Waals surface area contributed by atoms with Crippen LogP contribution < -0.4 is 0 Å². The van der Waals surface area contributed by atoms with E-state index in [0.717, 1.165) is 0 Å². The van der Waals surface area contributed by atoms with Gasteiger partial charge in [-0.2, -0.15) is 0 Å². The largest absolute Gasteiger partial charge is 0.460 e. The molecule has 0 unspecified atom stereocenters. The molecule has 0 saturated heterocycles. The molecule has 0 amide bonds. The van der Waals surface area contributed by atoms with Gasteiger partial charge in [0.2, 0.25) is 0 Å². The topological polar surface area (TPSA) is 52.6 Å². The van der Waals surface area contributed by atoms with Crippen molar-refractivity contribution >= 4 is 20.0 Å². The molecule has 0 fully saturated rings. The van der Waals surface area contributed by atoms with Crippen molar-refractivity contribution in [2.24, 2.45) is 0 Å². The summed E-state index contributed by atoms with van der Waals surface area (Å²) in [4.78, 5) is 23.6. The number of ether oxygens (including phenoxy) is 2. The number of hydrogen-bond acceptors (Lipinski definition) is 4. The summed E-state index contributed by atoms with van der Waals surface area (Å²) in [5.41, 5.74) is -0.957. The summed E-state index contributed by atoms with van der Waals surface area (Å²) >= 11 is 0. The highest BCUT2D eigenvalue weighted by molar-refractivity contribution is 6.82. The van der Waals surface area contributed by atoms with Gasteiger partial charge < -0.3 is 9.47 Å². The first-order valence-electron chi connectivity index (χ1n) is 6.64. The molecule has 0 rings (SSSR count). The van der Waals surface area contributed by atoms with E-state index in [9.17, 15) is 9.59 Å². The van der Waals surface area contributed by atoms with Crippen molar-refractivity contribution in [2.75, 3.05) is 0 Å². The summed E-state index contributed by atoms with van der Waals surface area (Å²) < 4.78 is 10.6. The predicted molar refractivity (Wildman–Crippen MR) is 78.8 cm³/mol. The summed E-state index contributed by atoms with van der Waals surface area (Å²) in [7, 11) is -1.98. The van der Waals surface area contributed by atoms with Crippen LogP contribution in [0.4, 0.5) is 0 Å². The molecule has 0 spiro atoms. The molecule has 0 N–H and O–H groups in total. The van der Waals surface area contributed by atoms with Gasteiger partial charge in [0.1, 0.15) is 11.2 Å². The zero-order chi connectivity index (χ0) is 15.5. The Morgan fingerprint density at radius 1 is 0.789 bits per heavy atom. The fraction of sp³-hybridized carbons (Fsp3) is 0.857. The van der Waals surface area contributed by atoms with Gasteiger partial charge in [-0.25, -0.2) is 0 Å². The van der Waals surface area contributed by atoms with Crippen molar-refractivity contribution in [1.82, 2.24) is 0 Å². The maximum atomic E-state index is 11.8. The Morgan fingerprint density at radius 2 is 1.05 bits per heavy atom. The lowest BCUT2D eigenvalue weighted by molar-refractivity contribution is -0.152. The molecular formula is C14H28O4Si. The monoisotopic (exact) mass is 288 g/mol. The highest BCUT2D eigenvalue weighted by Gasteiger charge is 2.32. The van der Waals surface area contributed by atoms with Gasteiger partial charge in [0, 0.05) is 12.1 Å². The van der Waals surface area contributed by atoms with Crippen LogP contribution in [-0.4, -0.2) is 31.2 Å². The SMILES string of the molecule is CC(C)(C)OC(=O)C[Si](C)(C)CC(=O)OC(C)(C)C. The second-order valence-corrected chi connectivity index (χ2v) is 12.7. The number of esters is 2. The van der Waals surface area contributed by atoms with Gasteiger partial charge in [0.05, 0.1) is 8.07 Å². The van der Waals surface area contributed by atoms with Gasteiger partial charge in [-0.05, 0) is 41.5 Å². The Balaban J connectivity index is 4.40. The normalized spacial score (nSPS) is 13.1. The summed E-state index contributed by atoms with van der Waals surface area (Å²) in [5, 5.41) is 0. The molecule has 0 aliphatic carbocycles. The quantitative estimate of drug-likeness (QED) is 0.588. The van der Waals surface area contributed by atoms with Crippen LogP contribution in [0.5, 0.6) is 0 Å². The van der Waals surface area contributed by atoms with Gasteiger partial charge in [-0.1, -0.05) is 13.1 Å². The number of rotatable bonds is 4. The van der Waals surface area contributed by atoms with E-state index in [-0.39, 0.29) is 11.9 Å². The number of hydrogen-bond donors (Lipinski definition) is 0. The Hall–Kier alpha value is -0.843. The van der Waals surface area contributed by atoms with Crippen LogP contribution in [0.1, 0.15) is 41.5 Å². The highest BCUT2D eigenvalue weighted by atomic mass is 28.3. The number of carbonyl (C=O) groups is 2. The van der Waals surface area contributed by atoms with Gasteiger partial charge in [-0.3, -0.25) is 9.59 Å². The van der Waals surface area contributed by atoms with E-state index in [1.165, 1.54) is 0 Å². The Kier molecular flexibility index (Phi) is 5.80. The maximum absolute atomic E-state index is 11.8. The second-order valence-electron chi connectivity index (χ2n) is 7.69. The third kappa shape index (κ3) is 10.7. The summed E-state index contributed by atoms with van der Waals surface area (Å²) in [6, 6.07) is 0.674. The standard InChI is InChI=1S/C14H28O4Si/c1-13(2,3)17-11(15)9-19(7,8)10-12(16)18-14(4,5)6/h9-10H2,1-8H3. The third-order valence-corrected chi connectivity index (χ3v) is 4.58. The summed E-state index contributed by atoms with van der Waals surface area (Å²) in [6.45, 7) is 15.0. The molecule has 19 heavy (non-hydrogen) atoms. The molecule has 5 heteroatoms. The van der Waals surface area contributed by atoms with Gasteiger partial charge >= 0.3 is 11.9 Å². The van der Waals surface area contributed by atoms with E-state index in [0.29, 0.717) is 12.1 Å². The first kappa shape index (κ1) is 18.2. The van der Waals surface area contributed by atoms with Crippen molar-refractivity contribution in [3.8, 4) is 0 Å². The lowest BCUT2D eigenvalue weighted by Gasteiger charge is -2.26. The first-order chi connectivity index (χ1) is 8.20. The molecule has 4 nitrogen and oxygen atoms in total. The van der Waals surface area contributed by atoms with Crippen molar-refractivity contribution in [3.63, 3.8) is 0 Å². The molecule has 112 valence electrons.